The maximum Gasteiger partial charge on any atom is 0.304 e. The standard InChI is InChI=1S/C15H21NO3/c1-10-7-11(2)15(12(3)8-10)13(17)9-16(4)6-5-14(18)19/h7-8H,5-6,9H2,1-4H3,(H,18,19). The second kappa shape index (κ2) is 6.48. The largest absolute Gasteiger partial charge is 0.481 e. The Kier molecular flexibility index (Phi) is 5.24. The Morgan fingerprint density at radius 2 is 1.68 bits per heavy atom. The van der Waals surface area contributed by atoms with Crippen LogP contribution in [-0.2, 0) is 4.79 Å². The van der Waals surface area contributed by atoms with Gasteiger partial charge in [-0.25, -0.2) is 0 Å². The van der Waals surface area contributed by atoms with E-state index in [0.29, 0.717) is 6.54 Å². The highest BCUT2D eigenvalue weighted by Gasteiger charge is 2.15. The van der Waals surface area contributed by atoms with E-state index >= 15 is 0 Å². The lowest BCUT2D eigenvalue weighted by molar-refractivity contribution is -0.137. The van der Waals surface area contributed by atoms with Gasteiger partial charge in [0.1, 0.15) is 0 Å². The summed E-state index contributed by atoms with van der Waals surface area (Å²) in [5, 5.41) is 8.62. The minimum atomic E-state index is -0.845. The summed E-state index contributed by atoms with van der Waals surface area (Å²) in [7, 11) is 1.76. The summed E-state index contributed by atoms with van der Waals surface area (Å²) in [5.41, 5.74) is 3.86. The van der Waals surface area contributed by atoms with Crippen LogP contribution in [0.2, 0.25) is 0 Å². The SMILES string of the molecule is Cc1cc(C)c(C(=O)CN(C)CCC(=O)O)c(C)c1. The molecule has 0 atom stereocenters. The van der Waals surface area contributed by atoms with Gasteiger partial charge in [-0.15, -0.1) is 0 Å². The fourth-order valence-corrected chi connectivity index (χ4v) is 2.31. The van der Waals surface area contributed by atoms with Gasteiger partial charge >= 0.3 is 5.97 Å². The molecule has 0 bridgehead atoms. The molecule has 4 nitrogen and oxygen atoms in total. The molecule has 1 aromatic rings. The van der Waals surface area contributed by atoms with Crippen molar-refractivity contribution in [2.75, 3.05) is 20.1 Å². The molecule has 0 aromatic heterocycles. The molecule has 19 heavy (non-hydrogen) atoms. The Morgan fingerprint density at radius 1 is 1.16 bits per heavy atom. The molecule has 1 rings (SSSR count). The highest BCUT2D eigenvalue weighted by Crippen LogP contribution is 2.17. The highest BCUT2D eigenvalue weighted by atomic mass is 16.4. The lowest BCUT2D eigenvalue weighted by Gasteiger charge is -2.16. The number of Topliss-reactive ketones (excluding diaryl/α,β-unsaturated/α-hetero) is 1. The number of carbonyl (C=O) groups is 2. The highest BCUT2D eigenvalue weighted by molar-refractivity contribution is 6.00. The first-order chi connectivity index (χ1) is 8.81. The zero-order valence-corrected chi connectivity index (χ0v) is 12.0. The van der Waals surface area contributed by atoms with Gasteiger partial charge in [0.15, 0.2) is 5.78 Å². The van der Waals surface area contributed by atoms with Gasteiger partial charge in [-0.3, -0.25) is 14.5 Å². The van der Waals surface area contributed by atoms with Crippen molar-refractivity contribution in [3.63, 3.8) is 0 Å². The maximum atomic E-state index is 12.3. The van der Waals surface area contributed by atoms with Crippen LogP contribution in [0.15, 0.2) is 12.1 Å². The van der Waals surface area contributed by atoms with E-state index in [1.165, 1.54) is 0 Å². The number of ketones is 1. The zero-order valence-electron chi connectivity index (χ0n) is 12.0. The van der Waals surface area contributed by atoms with Crippen molar-refractivity contribution in [1.29, 1.82) is 0 Å². The average molecular weight is 263 g/mol. The summed E-state index contributed by atoms with van der Waals surface area (Å²) in [6, 6.07) is 4.00. The Balaban J connectivity index is 2.76. The summed E-state index contributed by atoms with van der Waals surface area (Å²) in [6.45, 7) is 6.51. The molecule has 1 N–H and O–H groups in total. The Labute approximate surface area is 114 Å². The van der Waals surface area contributed by atoms with Crippen LogP contribution in [0.4, 0.5) is 0 Å². The van der Waals surface area contributed by atoms with Gasteiger partial charge in [0.2, 0.25) is 0 Å². The van der Waals surface area contributed by atoms with Gasteiger partial charge in [-0.2, -0.15) is 0 Å². The van der Waals surface area contributed by atoms with Gasteiger partial charge in [0.05, 0.1) is 13.0 Å². The van der Waals surface area contributed by atoms with E-state index in [1.807, 2.05) is 32.9 Å². The Morgan fingerprint density at radius 3 is 2.16 bits per heavy atom. The topological polar surface area (TPSA) is 57.6 Å². The average Bonchev–Trinajstić information content (AvgIpc) is 2.24. The number of carbonyl (C=O) groups excluding carboxylic acids is 1. The van der Waals surface area contributed by atoms with Crippen LogP contribution in [0.3, 0.4) is 0 Å². The van der Waals surface area contributed by atoms with Crippen LogP contribution in [0.25, 0.3) is 0 Å². The van der Waals surface area contributed by atoms with Crippen molar-refractivity contribution in [2.24, 2.45) is 0 Å². The molecule has 104 valence electrons. The molecule has 4 heteroatoms. The zero-order chi connectivity index (χ0) is 14.6. The Hall–Kier alpha value is -1.68. The van der Waals surface area contributed by atoms with Crippen LogP contribution in [0, 0.1) is 20.8 Å². The smallest absolute Gasteiger partial charge is 0.304 e. The summed E-state index contributed by atoms with van der Waals surface area (Å²) in [5.74, 6) is -0.801. The number of hydrogen-bond donors (Lipinski definition) is 1. The minimum absolute atomic E-state index is 0.0443. The molecule has 0 saturated heterocycles. The molecule has 0 aliphatic carbocycles. The molecule has 0 aliphatic heterocycles. The molecule has 1 aromatic carbocycles. The predicted octanol–water partition coefficient (Wildman–Crippen LogP) is 2.20. The second-order valence-electron chi connectivity index (χ2n) is 5.08. The first-order valence-corrected chi connectivity index (χ1v) is 6.32. The fraction of sp³-hybridized carbons (Fsp3) is 0.467. The molecule has 0 aliphatic rings. The third kappa shape index (κ3) is 4.48. The van der Waals surface area contributed by atoms with E-state index in [4.69, 9.17) is 5.11 Å². The lowest BCUT2D eigenvalue weighted by atomic mass is 9.96. The van der Waals surface area contributed by atoms with Crippen LogP contribution >= 0.6 is 0 Å². The van der Waals surface area contributed by atoms with Gasteiger partial charge < -0.3 is 5.11 Å². The quantitative estimate of drug-likeness (QED) is 0.799. The lowest BCUT2D eigenvalue weighted by Crippen LogP contribution is -2.29. The first-order valence-electron chi connectivity index (χ1n) is 6.32. The number of rotatable bonds is 6. The normalized spacial score (nSPS) is 10.8. The first kappa shape index (κ1) is 15.4. The van der Waals surface area contributed by atoms with E-state index in [2.05, 4.69) is 0 Å². The summed E-state index contributed by atoms with van der Waals surface area (Å²) in [4.78, 5) is 24.5. The molecule has 0 fully saturated rings. The number of likely N-dealkylation sites (N-methyl/N-ethyl adjacent to an activating group) is 1. The van der Waals surface area contributed by atoms with E-state index < -0.39 is 5.97 Å². The number of carboxylic acids is 1. The molecule has 0 unspecified atom stereocenters. The Bertz CT molecular complexity index is 471. The van der Waals surface area contributed by atoms with Crippen LogP contribution < -0.4 is 0 Å². The van der Waals surface area contributed by atoms with E-state index in [9.17, 15) is 9.59 Å². The minimum Gasteiger partial charge on any atom is -0.481 e. The maximum absolute atomic E-state index is 12.3. The molecule has 0 saturated carbocycles. The number of aryl methyl sites for hydroxylation is 3. The van der Waals surface area contributed by atoms with Gasteiger partial charge in [0, 0.05) is 12.1 Å². The molecular formula is C15H21NO3. The van der Waals surface area contributed by atoms with Crippen molar-refractivity contribution >= 4 is 11.8 Å². The number of hydrogen-bond acceptors (Lipinski definition) is 3. The van der Waals surface area contributed by atoms with Crippen molar-refractivity contribution in [3.8, 4) is 0 Å². The van der Waals surface area contributed by atoms with Crippen molar-refractivity contribution < 1.29 is 14.7 Å². The molecule has 0 heterocycles. The summed E-state index contributed by atoms with van der Waals surface area (Å²) in [6.07, 6.45) is 0.0512. The van der Waals surface area contributed by atoms with Crippen molar-refractivity contribution in [1.82, 2.24) is 4.90 Å². The van der Waals surface area contributed by atoms with E-state index in [0.717, 1.165) is 22.3 Å². The van der Waals surface area contributed by atoms with Gasteiger partial charge in [-0.1, -0.05) is 17.7 Å². The predicted molar refractivity (Wildman–Crippen MR) is 74.7 cm³/mol. The van der Waals surface area contributed by atoms with Crippen molar-refractivity contribution in [3.05, 3.63) is 34.4 Å². The van der Waals surface area contributed by atoms with Crippen LogP contribution in [-0.4, -0.2) is 41.9 Å². The van der Waals surface area contributed by atoms with E-state index in [1.54, 1.807) is 11.9 Å². The third-order valence-corrected chi connectivity index (χ3v) is 3.08. The van der Waals surface area contributed by atoms with Crippen LogP contribution in [0.5, 0.6) is 0 Å². The molecule has 0 spiro atoms. The third-order valence-electron chi connectivity index (χ3n) is 3.08. The fourth-order valence-electron chi connectivity index (χ4n) is 2.31. The van der Waals surface area contributed by atoms with Gasteiger partial charge in [0.25, 0.3) is 0 Å². The van der Waals surface area contributed by atoms with Crippen LogP contribution in [0.1, 0.15) is 33.5 Å². The van der Waals surface area contributed by atoms with Crippen molar-refractivity contribution in [2.45, 2.75) is 27.2 Å². The van der Waals surface area contributed by atoms with Gasteiger partial charge in [-0.05, 0) is 38.9 Å². The number of benzene rings is 1. The molecular weight excluding hydrogens is 242 g/mol. The number of carboxylic acid groups (broad SMARTS) is 1. The van der Waals surface area contributed by atoms with E-state index in [-0.39, 0.29) is 18.7 Å². The molecule has 0 radical (unpaired) electrons. The molecule has 0 amide bonds. The number of nitrogens with zero attached hydrogens (tertiary/aromatic N) is 1. The summed E-state index contributed by atoms with van der Waals surface area (Å²) < 4.78 is 0. The summed E-state index contributed by atoms with van der Waals surface area (Å²) >= 11 is 0. The number of aliphatic carboxylic acids is 1. The monoisotopic (exact) mass is 263 g/mol. The second-order valence-corrected chi connectivity index (χ2v) is 5.08.